The fourth-order valence-corrected chi connectivity index (χ4v) is 2.68. The summed E-state index contributed by atoms with van der Waals surface area (Å²) in [5.74, 6) is 0.221. The molecule has 0 saturated heterocycles. The summed E-state index contributed by atoms with van der Waals surface area (Å²) >= 11 is 0. The van der Waals surface area contributed by atoms with E-state index in [0.717, 1.165) is 17.7 Å². The van der Waals surface area contributed by atoms with Gasteiger partial charge in [-0.15, -0.1) is 0 Å². The van der Waals surface area contributed by atoms with E-state index in [1.54, 1.807) is 24.3 Å². The van der Waals surface area contributed by atoms with Gasteiger partial charge in [0, 0.05) is 30.8 Å². The monoisotopic (exact) mass is 328 g/mol. The largest absolute Gasteiger partial charge is 0.493 e. The van der Waals surface area contributed by atoms with E-state index >= 15 is 0 Å². The first-order valence-corrected chi connectivity index (χ1v) is 8.05. The lowest BCUT2D eigenvalue weighted by atomic mass is 10.1. The normalized spacial score (nSPS) is 12.7. The number of anilines is 2. The Bertz CT molecular complexity index is 774. The number of nitrogens with zero attached hydrogens (tertiary/aromatic N) is 1. The zero-order chi connectivity index (χ0) is 17.3. The Hall–Kier alpha value is -2.56. The predicted octanol–water partition coefficient (Wildman–Crippen LogP) is 3.86. The van der Waals surface area contributed by atoms with Gasteiger partial charge in [0.05, 0.1) is 12.3 Å². The highest BCUT2D eigenvalue weighted by atomic mass is 19.1. The molecule has 0 atom stereocenters. The van der Waals surface area contributed by atoms with Crippen LogP contribution < -0.4 is 15.0 Å². The summed E-state index contributed by atoms with van der Waals surface area (Å²) < 4.78 is 19.7. The first-order valence-electron chi connectivity index (χ1n) is 8.05. The number of rotatable bonds is 4. The van der Waals surface area contributed by atoms with Crippen LogP contribution in [0.2, 0.25) is 0 Å². The number of hydrogen-bond acceptors (Lipinski definition) is 3. The molecular weight excluding hydrogens is 307 g/mol. The Balaban J connectivity index is 1.76. The van der Waals surface area contributed by atoms with Crippen LogP contribution in [-0.4, -0.2) is 25.6 Å². The number of benzene rings is 2. The maximum Gasteiger partial charge on any atom is 0.255 e. The van der Waals surface area contributed by atoms with Crippen molar-refractivity contribution < 1.29 is 13.9 Å². The van der Waals surface area contributed by atoms with E-state index in [1.165, 1.54) is 6.07 Å². The van der Waals surface area contributed by atoms with Gasteiger partial charge in [0.2, 0.25) is 0 Å². The first kappa shape index (κ1) is 16.3. The Morgan fingerprint density at radius 1 is 1.25 bits per heavy atom. The van der Waals surface area contributed by atoms with Crippen LogP contribution in [0.3, 0.4) is 0 Å². The highest BCUT2D eigenvalue weighted by Crippen LogP contribution is 2.27. The van der Waals surface area contributed by atoms with Crippen molar-refractivity contribution in [2.24, 2.45) is 0 Å². The highest BCUT2D eigenvalue weighted by molar-refractivity contribution is 6.04. The van der Waals surface area contributed by atoms with Gasteiger partial charge in [-0.25, -0.2) is 4.39 Å². The molecule has 1 N–H and O–H groups in total. The van der Waals surface area contributed by atoms with E-state index in [2.05, 4.69) is 5.32 Å². The van der Waals surface area contributed by atoms with Gasteiger partial charge in [-0.3, -0.25) is 4.79 Å². The molecule has 0 fully saturated rings. The Labute approximate surface area is 141 Å². The molecule has 1 aliphatic rings. The third-order valence-electron chi connectivity index (χ3n) is 4.31. The van der Waals surface area contributed by atoms with E-state index in [0.29, 0.717) is 23.5 Å². The molecule has 1 heterocycles. The lowest BCUT2D eigenvalue weighted by molar-refractivity contribution is 0.102. The fraction of sp³-hybridized carbons (Fsp3) is 0.316. The maximum absolute atomic E-state index is 14.3. The molecule has 0 aliphatic carbocycles. The number of halogens is 1. The van der Waals surface area contributed by atoms with Gasteiger partial charge in [0.1, 0.15) is 11.6 Å². The molecule has 0 aromatic heterocycles. The highest BCUT2D eigenvalue weighted by Gasteiger charge is 2.16. The molecule has 126 valence electrons. The van der Waals surface area contributed by atoms with Gasteiger partial charge in [0.15, 0.2) is 0 Å². The van der Waals surface area contributed by atoms with E-state index in [4.69, 9.17) is 4.74 Å². The van der Waals surface area contributed by atoms with Gasteiger partial charge in [-0.05, 0) is 55.8 Å². The number of hydrogen-bond donors (Lipinski definition) is 1. The molecule has 2 aromatic carbocycles. The number of carbonyl (C=O) groups excluding carboxylic acids is 1. The lowest BCUT2D eigenvalue weighted by Crippen LogP contribution is -2.26. The van der Waals surface area contributed by atoms with Crippen LogP contribution in [0.4, 0.5) is 15.8 Å². The van der Waals surface area contributed by atoms with Crippen molar-refractivity contribution >= 4 is 17.3 Å². The number of amides is 1. The molecule has 0 radical (unpaired) electrons. The van der Waals surface area contributed by atoms with Crippen molar-refractivity contribution in [3.05, 3.63) is 53.3 Å². The Kier molecular flexibility index (Phi) is 4.42. The van der Waals surface area contributed by atoms with Crippen molar-refractivity contribution in [2.45, 2.75) is 26.3 Å². The predicted molar refractivity (Wildman–Crippen MR) is 93.5 cm³/mol. The van der Waals surface area contributed by atoms with Gasteiger partial charge < -0.3 is 15.0 Å². The molecule has 0 unspecified atom stereocenters. The second-order valence-electron chi connectivity index (χ2n) is 6.25. The summed E-state index contributed by atoms with van der Waals surface area (Å²) in [7, 11) is 1.84. The molecule has 1 amide bonds. The third kappa shape index (κ3) is 3.20. The zero-order valence-corrected chi connectivity index (χ0v) is 14.1. The lowest BCUT2D eigenvalue weighted by Gasteiger charge is -2.24. The number of carbonyl (C=O) groups is 1. The summed E-state index contributed by atoms with van der Waals surface area (Å²) in [6, 6.07) is 10.3. The van der Waals surface area contributed by atoms with Crippen LogP contribution >= 0.6 is 0 Å². The maximum atomic E-state index is 14.3. The van der Waals surface area contributed by atoms with Crippen LogP contribution in [0.5, 0.6) is 5.75 Å². The SMILES string of the molecule is CC(C)N(C)c1ccc(NC(=O)c2ccc3c(c2)CCO3)cc1F. The molecule has 3 rings (SSSR count). The zero-order valence-electron chi connectivity index (χ0n) is 14.1. The summed E-state index contributed by atoms with van der Waals surface area (Å²) in [6.07, 6.45) is 0.807. The summed E-state index contributed by atoms with van der Waals surface area (Å²) in [6.45, 7) is 4.63. The standard InChI is InChI=1S/C19H21FN2O2/c1-12(2)22(3)17-6-5-15(11-16(17)20)21-19(23)14-4-7-18-13(10-14)8-9-24-18/h4-7,10-12H,8-9H2,1-3H3,(H,21,23). The van der Waals surface area contributed by atoms with E-state index in [-0.39, 0.29) is 17.8 Å². The Morgan fingerprint density at radius 2 is 2.04 bits per heavy atom. The van der Waals surface area contributed by atoms with Crippen molar-refractivity contribution in [3.8, 4) is 5.75 Å². The van der Waals surface area contributed by atoms with Crippen molar-refractivity contribution in [2.75, 3.05) is 23.9 Å². The summed E-state index contributed by atoms with van der Waals surface area (Å²) in [4.78, 5) is 14.2. The number of nitrogens with one attached hydrogen (secondary N) is 1. The average molecular weight is 328 g/mol. The van der Waals surface area contributed by atoms with Gasteiger partial charge in [0.25, 0.3) is 5.91 Å². The molecule has 2 aromatic rings. The fourth-order valence-electron chi connectivity index (χ4n) is 2.68. The molecule has 1 aliphatic heterocycles. The summed E-state index contributed by atoms with van der Waals surface area (Å²) in [5.41, 5.74) is 2.53. The minimum absolute atomic E-state index is 0.188. The smallest absolute Gasteiger partial charge is 0.255 e. The van der Waals surface area contributed by atoms with Gasteiger partial charge in [-0.2, -0.15) is 0 Å². The third-order valence-corrected chi connectivity index (χ3v) is 4.31. The van der Waals surface area contributed by atoms with Crippen LogP contribution in [0.1, 0.15) is 29.8 Å². The topological polar surface area (TPSA) is 41.6 Å². The van der Waals surface area contributed by atoms with Crippen molar-refractivity contribution in [1.82, 2.24) is 0 Å². The number of ether oxygens (including phenoxy) is 1. The van der Waals surface area contributed by atoms with Gasteiger partial charge >= 0.3 is 0 Å². The van der Waals surface area contributed by atoms with Crippen LogP contribution in [0, 0.1) is 5.82 Å². The van der Waals surface area contributed by atoms with Crippen LogP contribution in [0.25, 0.3) is 0 Å². The summed E-state index contributed by atoms with van der Waals surface area (Å²) in [5, 5.41) is 2.75. The van der Waals surface area contributed by atoms with E-state index < -0.39 is 0 Å². The quantitative estimate of drug-likeness (QED) is 0.927. The second-order valence-corrected chi connectivity index (χ2v) is 6.25. The number of fused-ring (bicyclic) bond motifs is 1. The average Bonchev–Trinajstić information content (AvgIpc) is 3.01. The van der Waals surface area contributed by atoms with Crippen molar-refractivity contribution in [1.29, 1.82) is 0 Å². The van der Waals surface area contributed by atoms with E-state index in [1.807, 2.05) is 31.9 Å². The second kappa shape index (κ2) is 6.51. The minimum Gasteiger partial charge on any atom is -0.493 e. The molecule has 0 bridgehead atoms. The molecule has 5 heteroatoms. The Morgan fingerprint density at radius 3 is 2.75 bits per heavy atom. The van der Waals surface area contributed by atoms with Crippen LogP contribution in [-0.2, 0) is 6.42 Å². The van der Waals surface area contributed by atoms with Crippen molar-refractivity contribution in [3.63, 3.8) is 0 Å². The molecule has 0 saturated carbocycles. The van der Waals surface area contributed by atoms with Gasteiger partial charge in [-0.1, -0.05) is 0 Å². The first-order chi connectivity index (χ1) is 11.5. The molecular formula is C19H21FN2O2. The van der Waals surface area contributed by atoms with E-state index in [9.17, 15) is 9.18 Å². The van der Waals surface area contributed by atoms with Crippen LogP contribution in [0.15, 0.2) is 36.4 Å². The molecule has 4 nitrogen and oxygen atoms in total. The molecule has 24 heavy (non-hydrogen) atoms. The molecule has 0 spiro atoms. The minimum atomic E-state index is -0.355.